The fourth-order valence-electron chi connectivity index (χ4n) is 1.55. The van der Waals surface area contributed by atoms with Gasteiger partial charge in [0.1, 0.15) is 22.2 Å². The van der Waals surface area contributed by atoms with Crippen molar-refractivity contribution >= 4 is 11.6 Å². The Labute approximate surface area is 107 Å². The van der Waals surface area contributed by atoms with Crippen LogP contribution in [0.5, 0.6) is 0 Å². The molecule has 0 unspecified atom stereocenters. The largest absolute Gasteiger partial charge is 0.433 e. The fraction of sp³-hybridized carbons (Fsp3) is 0.167. The Kier molecular flexibility index (Phi) is 3.46. The molecule has 0 radical (unpaired) electrons. The lowest BCUT2D eigenvalue weighted by Gasteiger charge is -2.08. The second-order valence-electron chi connectivity index (χ2n) is 3.90. The smallest absolute Gasteiger partial charge is 0.404 e. The number of rotatable bonds is 4. The van der Waals surface area contributed by atoms with Crippen LogP contribution in [0.15, 0.2) is 28.7 Å². The van der Waals surface area contributed by atoms with Crippen LogP contribution in [0.1, 0.15) is 11.3 Å². The molecule has 0 aliphatic heterocycles. The van der Waals surface area contributed by atoms with Gasteiger partial charge in [-0.3, -0.25) is 10.1 Å². The van der Waals surface area contributed by atoms with Crippen molar-refractivity contribution in [1.82, 2.24) is 0 Å². The lowest BCUT2D eigenvalue weighted by molar-refractivity contribution is -0.402. The Morgan fingerprint density at radius 3 is 2.68 bits per heavy atom. The number of nitrogens with one attached hydrogen (secondary N) is 1. The molecular weight excluding hydrogens is 258 g/mol. The molecular formula is C12H10F2N2O3. The average molecular weight is 268 g/mol. The molecule has 7 heteroatoms. The van der Waals surface area contributed by atoms with E-state index in [-0.39, 0.29) is 18.0 Å². The summed E-state index contributed by atoms with van der Waals surface area (Å²) in [5.41, 5.74) is 0.0216. The van der Waals surface area contributed by atoms with E-state index in [4.69, 9.17) is 4.42 Å². The zero-order valence-corrected chi connectivity index (χ0v) is 9.94. The van der Waals surface area contributed by atoms with Crippen molar-refractivity contribution < 1.29 is 18.1 Å². The minimum Gasteiger partial charge on any atom is -0.404 e. The van der Waals surface area contributed by atoms with Gasteiger partial charge in [0.2, 0.25) is 0 Å². The Hall–Kier alpha value is -2.44. The predicted octanol–water partition coefficient (Wildman–Crippen LogP) is 3.39. The molecule has 0 atom stereocenters. The van der Waals surface area contributed by atoms with Crippen molar-refractivity contribution in [2.75, 3.05) is 5.32 Å². The van der Waals surface area contributed by atoms with Gasteiger partial charge in [0, 0.05) is 0 Å². The van der Waals surface area contributed by atoms with E-state index in [1.165, 1.54) is 25.1 Å². The normalized spacial score (nSPS) is 10.5. The van der Waals surface area contributed by atoms with Crippen LogP contribution in [0.2, 0.25) is 0 Å². The molecule has 0 aliphatic carbocycles. The number of hydrogen-bond donors (Lipinski definition) is 1. The van der Waals surface area contributed by atoms with E-state index < -0.39 is 22.4 Å². The number of hydrogen-bond acceptors (Lipinski definition) is 4. The lowest BCUT2D eigenvalue weighted by atomic mass is 10.2. The number of benzene rings is 1. The van der Waals surface area contributed by atoms with Gasteiger partial charge in [-0.25, -0.2) is 8.78 Å². The van der Waals surface area contributed by atoms with E-state index in [1.54, 1.807) is 0 Å². The van der Waals surface area contributed by atoms with Crippen molar-refractivity contribution in [2.24, 2.45) is 0 Å². The SMILES string of the molecule is Cc1ccc(F)c(NCc2ccc([N+](=O)[O-])o2)c1F. The molecule has 1 N–H and O–H groups in total. The molecule has 1 heterocycles. The summed E-state index contributed by atoms with van der Waals surface area (Å²) in [7, 11) is 0. The van der Waals surface area contributed by atoms with Crippen LogP contribution >= 0.6 is 0 Å². The minimum atomic E-state index is -0.732. The first kappa shape index (κ1) is 13.0. The maximum Gasteiger partial charge on any atom is 0.433 e. The Morgan fingerprint density at radius 2 is 2.05 bits per heavy atom. The van der Waals surface area contributed by atoms with Gasteiger partial charge < -0.3 is 9.73 Å². The van der Waals surface area contributed by atoms with E-state index in [1.807, 2.05) is 0 Å². The Balaban J connectivity index is 2.14. The highest BCUT2D eigenvalue weighted by Gasteiger charge is 2.14. The number of nitrogens with zero attached hydrogens (tertiary/aromatic N) is 1. The molecule has 1 aromatic carbocycles. The molecule has 2 rings (SSSR count). The van der Waals surface area contributed by atoms with E-state index in [9.17, 15) is 18.9 Å². The quantitative estimate of drug-likeness (QED) is 0.681. The van der Waals surface area contributed by atoms with Crippen molar-refractivity contribution in [3.05, 3.63) is 57.3 Å². The molecule has 5 nitrogen and oxygen atoms in total. The van der Waals surface area contributed by atoms with Crippen LogP contribution in [-0.4, -0.2) is 4.92 Å². The van der Waals surface area contributed by atoms with Crippen LogP contribution < -0.4 is 5.32 Å². The molecule has 100 valence electrons. The first-order chi connectivity index (χ1) is 8.99. The summed E-state index contributed by atoms with van der Waals surface area (Å²) < 4.78 is 32.0. The highest BCUT2D eigenvalue weighted by Crippen LogP contribution is 2.23. The van der Waals surface area contributed by atoms with Gasteiger partial charge >= 0.3 is 5.88 Å². The molecule has 0 aliphatic rings. The number of halogens is 2. The van der Waals surface area contributed by atoms with Crippen LogP contribution in [-0.2, 0) is 6.54 Å². The summed E-state index contributed by atoms with van der Waals surface area (Å²) in [6, 6.07) is 5.02. The van der Waals surface area contributed by atoms with Crippen molar-refractivity contribution in [3.63, 3.8) is 0 Å². The number of nitro groups is 1. The van der Waals surface area contributed by atoms with Crippen molar-refractivity contribution in [2.45, 2.75) is 13.5 Å². The molecule has 0 saturated heterocycles. The monoisotopic (exact) mass is 268 g/mol. The van der Waals surface area contributed by atoms with Crippen molar-refractivity contribution in [3.8, 4) is 0 Å². The first-order valence-electron chi connectivity index (χ1n) is 5.40. The maximum atomic E-state index is 13.7. The second-order valence-corrected chi connectivity index (χ2v) is 3.90. The van der Waals surface area contributed by atoms with E-state index >= 15 is 0 Å². The summed E-state index contributed by atoms with van der Waals surface area (Å²) in [5.74, 6) is -1.63. The summed E-state index contributed by atoms with van der Waals surface area (Å²) in [5, 5.41) is 12.9. The van der Waals surface area contributed by atoms with Gasteiger partial charge in [-0.05, 0) is 24.6 Å². The van der Waals surface area contributed by atoms with Crippen LogP contribution in [0.25, 0.3) is 0 Å². The van der Waals surface area contributed by atoms with E-state index in [0.717, 1.165) is 6.07 Å². The third-order valence-electron chi connectivity index (χ3n) is 2.55. The fourth-order valence-corrected chi connectivity index (χ4v) is 1.55. The Bertz CT molecular complexity index is 625. The first-order valence-corrected chi connectivity index (χ1v) is 5.40. The molecule has 0 saturated carbocycles. The molecule has 19 heavy (non-hydrogen) atoms. The van der Waals surface area contributed by atoms with E-state index in [2.05, 4.69) is 5.32 Å². The van der Waals surface area contributed by atoms with E-state index in [0.29, 0.717) is 5.56 Å². The molecule has 0 bridgehead atoms. The minimum absolute atomic E-state index is 0.0505. The lowest BCUT2D eigenvalue weighted by Crippen LogP contribution is -2.04. The standard InChI is InChI=1S/C12H10F2N2O3/c1-7-2-4-9(13)12(11(7)14)15-6-8-3-5-10(19-8)16(17)18/h2-5,15H,6H2,1H3. The highest BCUT2D eigenvalue weighted by molar-refractivity contribution is 5.49. The van der Waals surface area contributed by atoms with Gasteiger partial charge in [0.05, 0.1) is 12.6 Å². The molecule has 0 spiro atoms. The van der Waals surface area contributed by atoms with Gasteiger partial charge in [-0.1, -0.05) is 6.07 Å². The number of aryl methyl sites for hydroxylation is 1. The predicted molar refractivity (Wildman–Crippen MR) is 63.8 cm³/mol. The summed E-state index contributed by atoms with van der Waals surface area (Å²) in [6.45, 7) is 1.46. The van der Waals surface area contributed by atoms with Crippen molar-refractivity contribution in [1.29, 1.82) is 0 Å². The molecule has 1 aromatic heterocycles. The highest BCUT2D eigenvalue weighted by atomic mass is 19.1. The van der Waals surface area contributed by atoms with Crippen LogP contribution in [0.3, 0.4) is 0 Å². The summed E-state index contributed by atoms with van der Waals surface area (Å²) in [6.07, 6.45) is 0. The van der Waals surface area contributed by atoms with Crippen LogP contribution in [0, 0.1) is 28.7 Å². The summed E-state index contributed by atoms with van der Waals surface area (Å²) in [4.78, 5) is 9.73. The number of furan rings is 1. The average Bonchev–Trinajstić information content (AvgIpc) is 2.83. The second kappa shape index (κ2) is 5.05. The third kappa shape index (κ3) is 2.70. The van der Waals surface area contributed by atoms with Gasteiger partial charge in [0.15, 0.2) is 5.82 Å². The molecule has 0 fully saturated rings. The van der Waals surface area contributed by atoms with Crippen LogP contribution in [0.4, 0.5) is 20.4 Å². The third-order valence-corrected chi connectivity index (χ3v) is 2.55. The zero-order valence-electron chi connectivity index (χ0n) is 9.94. The molecule has 2 aromatic rings. The van der Waals surface area contributed by atoms with Gasteiger partial charge in [-0.2, -0.15) is 0 Å². The van der Waals surface area contributed by atoms with Gasteiger partial charge in [0.25, 0.3) is 0 Å². The topological polar surface area (TPSA) is 68.3 Å². The maximum absolute atomic E-state index is 13.7. The summed E-state index contributed by atoms with van der Waals surface area (Å²) >= 11 is 0. The van der Waals surface area contributed by atoms with Gasteiger partial charge in [-0.15, -0.1) is 0 Å². The molecule has 0 amide bonds. The zero-order chi connectivity index (χ0) is 14.0. The Morgan fingerprint density at radius 1 is 1.32 bits per heavy atom. The number of anilines is 1.